The van der Waals surface area contributed by atoms with Gasteiger partial charge in [0.2, 0.25) is 0 Å². The van der Waals surface area contributed by atoms with Crippen LogP contribution in [0.15, 0.2) is 122 Å². The largest absolute Gasteiger partial charge is 0.398 e. The van der Waals surface area contributed by atoms with Crippen LogP contribution in [0, 0.1) is 0 Å². The van der Waals surface area contributed by atoms with Gasteiger partial charge in [-0.25, -0.2) is 19.9 Å². The normalized spacial score (nSPS) is 11.8. The highest BCUT2D eigenvalue weighted by Crippen LogP contribution is 2.40. The Labute approximate surface area is 248 Å². The van der Waals surface area contributed by atoms with E-state index >= 15 is 0 Å². The maximum absolute atomic E-state index is 6.49. The van der Waals surface area contributed by atoms with Crippen molar-refractivity contribution in [1.82, 2.24) is 34.9 Å². The van der Waals surface area contributed by atoms with Crippen molar-refractivity contribution in [3.8, 4) is 45.7 Å². The number of hydrogen-bond acceptors (Lipinski definition) is 8. The van der Waals surface area contributed by atoms with Crippen molar-refractivity contribution in [2.24, 2.45) is 0 Å². The fourth-order valence-corrected chi connectivity index (χ4v) is 5.22. The van der Waals surface area contributed by atoms with Crippen molar-refractivity contribution in [1.29, 1.82) is 0 Å². The van der Waals surface area contributed by atoms with E-state index in [9.17, 15) is 0 Å². The van der Waals surface area contributed by atoms with Crippen LogP contribution < -0.4 is 5.73 Å². The molecule has 3 aromatic carbocycles. The second-order valence-electron chi connectivity index (χ2n) is 10.1. The van der Waals surface area contributed by atoms with Crippen LogP contribution in [0.4, 0.5) is 5.69 Å². The van der Waals surface area contributed by atoms with Crippen LogP contribution in [0.25, 0.3) is 56.5 Å². The second kappa shape index (κ2) is 11.2. The van der Waals surface area contributed by atoms with E-state index in [1.807, 2.05) is 60.7 Å². The van der Waals surface area contributed by atoms with E-state index in [2.05, 4.69) is 58.3 Å². The lowest BCUT2D eigenvalue weighted by molar-refractivity contribution is 0.860. The summed E-state index contributed by atoms with van der Waals surface area (Å²) in [6.45, 7) is 2.14. The van der Waals surface area contributed by atoms with E-state index in [0.29, 0.717) is 34.6 Å². The van der Waals surface area contributed by atoms with E-state index < -0.39 is 0 Å². The highest BCUT2D eigenvalue weighted by atomic mass is 15.1. The first-order valence-corrected chi connectivity index (χ1v) is 13.9. The summed E-state index contributed by atoms with van der Waals surface area (Å²) in [6, 6.07) is 31.9. The van der Waals surface area contributed by atoms with E-state index in [4.69, 9.17) is 25.7 Å². The number of nitrogens with two attached hydrogens (primary N) is 1. The Morgan fingerprint density at radius 1 is 0.558 bits per heavy atom. The Morgan fingerprint density at radius 3 is 1.81 bits per heavy atom. The zero-order valence-corrected chi connectivity index (χ0v) is 23.3. The van der Waals surface area contributed by atoms with Gasteiger partial charge in [-0.05, 0) is 52.2 Å². The number of aromatic nitrogens is 7. The summed E-state index contributed by atoms with van der Waals surface area (Å²) in [5.74, 6) is 1.21. The Morgan fingerprint density at radius 2 is 1.19 bits per heavy atom. The summed E-state index contributed by atoms with van der Waals surface area (Å²) >= 11 is 0. The van der Waals surface area contributed by atoms with E-state index in [0.717, 1.165) is 38.8 Å². The molecule has 4 heterocycles. The number of fused-ring (bicyclic) bond motifs is 1. The van der Waals surface area contributed by atoms with Gasteiger partial charge in [0.15, 0.2) is 17.5 Å². The molecule has 0 aliphatic heterocycles. The van der Waals surface area contributed by atoms with Crippen LogP contribution in [0.3, 0.4) is 0 Å². The maximum atomic E-state index is 6.49. The molecular weight excluding hydrogens is 532 g/mol. The zero-order valence-electron chi connectivity index (χ0n) is 23.3. The molecule has 206 valence electrons. The average Bonchev–Trinajstić information content (AvgIpc) is 3.08. The third-order valence-electron chi connectivity index (χ3n) is 7.43. The van der Waals surface area contributed by atoms with Crippen LogP contribution in [-0.4, -0.2) is 34.9 Å². The van der Waals surface area contributed by atoms with E-state index in [1.165, 1.54) is 0 Å². The van der Waals surface area contributed by atoms with E-state index in [-0.39, 0.29) is 5.92 Å². The predicted octanol–water partition coefficient (Wildman–Crippen LogP) is 7.01. The molecule has 0 aliphatic carbocycles. The smallest absolute Gasteiger partial charge is 0.184 e. The number of hydrogen-bond donors (Lipinski definition) is 1. The Kier molecular flexibility index (Phi) is 6.77. The molecule has 8 nitrogen and oxygen atoms in total. The highest BCUT2D eigenvalue weighted by molar-refractivity contribution is 6.01. The number of anilines is 1. The van der Waals surface area contributed by atoms with Crippen molar-refractivity contribution in [3.05, 3.63) is 133 Å². The molecule has 1 atom stereocenters. The minimum atomic E-state index is -0.0627. The van der Waals surface area contributed by atoms with Gasteiger partial charge in [0, 0.05) is 35.8 Å². The number of pyridine rings is 2. The van der Waals surface area contributed by atoms with Crippen LogP contribution in [0.2, 0.25) is 0 Å². The topological polar surface area (TPSA) is 116 Å². The fourth-order valence-electron chi connectivity index (χ4n) is 5.22. The molecule has 0 saturated carbocycles. The zero-order chi connectivity index (χ0) is 29.2. The molecule has 4 aromatic heterocycles. The molecule has 2 N–H and O–H groups in total. The number of rotatable bonds is 6. The lowest BCUT2D eigenvalue weighted by Crippen LogP contribution is -2.06. The van der Waals surface area contributed by atoms with Crippen molar-refractivity contribution >= 4 is 16.5 Å². The first-order chi connectivity index (χ1) is 21.2. The van der Waals surface area contributed by atoms with Gasteiger partial charge in [0.05, 0.1) is 11.9 Å². The van der Waals surface area contributed by atoms with Crippen LogP contribution in [0.5, 0.6) is 0 Å². The average molecular weight is 559 g/mol. The predicted molar refractivity (Wildman–Crippen MR) is 169 cm³/mol. The number of nitrogen functional groups attached to an aromatic ring is 1. The fraction of sp³-hybridized carbons (Fsp3) is 0.0571. The summed E-state index contributed by atoms with van der Waals surface area (Å²) in [5.41, 5.74) is 13.0. The van der Waals surface area contributed by atoms with Crippen molar-refractivity contribution in [2.75, 3.05) is 5.73 Å². The lowest BCUT2D eigenvalue weighted by atomic mass is 9.85. The minimum Gasteiger partial charge on any atom is -0.398 e. The molecular formula is C35H26N8. The molecule has 0 bridgehead atoms. The number of para-hydroxylation sites is 1. The molecule has 43 heavy (non-hydrogen) atoms. The Balaban J connectivity index is 1.30. The monoisotopic (exact) mass is 558 g/mol. The molecule has 0 fully saturated rings. The molecule has 0 spiro atoms. The summed E-state index contributed by atoms with van der Waals surface area (Å²) in [5, 5.41) is 2.30. The second-order valence-corrected chi connectivity index (χ2v) is 10.1. The molecule has 0 aliphatic rings. The molecule has 7 aromatic rings. The molecule has 8 heteroatoms. The third-order valence-corrected chi connectivity index (χ3v) is 7.43. The van der Waals surface area contributed by atoms with Crippen LogP contribution in [0.1, 0.15) is 24.1 Å². The first-order valence-electron chi connectivity index (χ1n) is 13.9. The Bertz CT molecular complexity index is 1990. The van der Waals surface area contributed by atoms with Gasteiger partial charge in [-0.15, -0.1) is 0 Å². The number of nitrogens with zero attached hydrogens (tertiary/aromatic N) is 7. The summed E-state index contributed by atoms with van der Waals surface area (Å²) in [4.78, 5) is 32.5. The molecule has 0 amide bonds. The van der Waals surface area contributed by atoms with Crippen molar-refractivity contribution in [3.63, 3.8) is 0 Å². The summed E-state index contributed by atoms with van der Waals surface area (Å²) < 4.78 is 0. The van der Waals surface area contributed by atoms with E-state index in [1.54, 1.807) is 24.8 Å². The quantitative estimate of drug-likeness (QED) is 0.217. The maximum Gasteiger partial charge on any atom is 0.184 e. The summed E-state index contributed by atoms with van der Waals surface area (Å²) in [6.07, 6.45) is 6.92. The minimum absolute atomic E-state index is 0.0627. The van der Waals surface area contributed by atoms with Gasteiger partial charge < -0.3 is 5.73 Å². The number of benzene rings is 3. The molecule has 0 saturated heterocycles. The Hall–Kier alpha value is -5.89. The van der Waals surface area contributed by atoms with Gasteiger partial charge in [-0.3, -0.25) is 15.0 Å². The van der Waals surface area contributed by atoms with Gasteiger partial charge in [-0.2, -0.15) is 0 Å². The third kappa shape index (κ3) is 5.06. The lowest BCUT2D eigenvalue weighted by Gasteiger charge is -2.20. The summed E-state index contributed by atoms with van der Waals surface area (Å²) in [7, 11) is 0. The van der Waals surface area contributed by atoms with Gasteiger partial charge in [-0.1, -0.05) is 73.7 Å². The van der Waals surface area contributed by atoms with Gasteiger partial charge >= 0.3 is 0 Å². The SMILES string of the molecule is CC(c1cnc(-c2nc(-c3ccccn3)nc(-c3ccccn3)n2)cn1)c1ccc2ccccc2c1-c1ccccc1N. The standard InChI is InChI=1S/C35H26N8/c1-22(24-17-16-23-10-2-3-11-25(23)32(24)26-12-4-5-13-27(26)36)30-20-40-31(21-39-30)35-42-33(28-14-6-8-18-37-28)41-34(43-35)29-15-7-9-19-38-29/h2-22H,36H2,1H3. The molecule has 1 unspecified atom stereocenters. The van der Waals surface area contributed by atoms with Crippen LogP contribution >= 0.6 is 0 Å². The van der Waals surface area contributed by atoms with Crippen molar-refractivity contribution in [2.45, 2.75) is 12.8 Å². The van der Waals surface area contributed by atoms with Crippen molar-refractivity contribution < 1.29 is 0 Å². The molecule has 0 radical (unpaired) electrons. The highest BCUT2D eigenvalue weighted by Gasteiger charge is 2.20. The first kappa shape index (κ1) is 26.0. The van der Waals surface area contributed by atoms with Gasteiger partial charge in [0.25, 0.3) is 0 Å². The van der Waals surface area contributed by atoms with Gasteiger partial charge in [0.1, 0.15) is 17.1 Å². The van der Waals surface area contributed by atoms with Crippen LogP contribution in [-0.2, 0) is 0 Å². The molecule has 7 rings (SSSR count).